The fraction of sp³-hybridized carbons (Fsp3) is 0.0417. The summed E-state index contributed by atoms with van der Waals surface area (Å²) in [5, 5.41) is 4.79. The normalized spacial score (nSPS) is 12.6. The van der Waals surface area contributed by atoms with Crippen LogP contribution in [0.1, 0.15) is 25.0 Å². The largest absolute Gasteiger partial charge is 0.309 e. The molecule has 0 fully saturated rings. The van der Waals surface area contributed by atoms with Gasteiger partial charge < -0.3 is 4.57 Å². The molecule has 14 aromatic rings. The minimum absolute atomic E-state index is 0.154. The molecule has 4 nitrogen and oxygen atoms in total. The van der Waals surface area contributed by atoms with Gasteiger partial charge in [0, 0.05) is 53.1 Å². The van der Waals surface area contributed by atoms with Gasteiger partial charge in [-0.05, 0) is 133 Å². The van der Waals surface area contributed by atoms with Gasteiger partial charge in [-0.3, -0.25) is 0 Å². The molecule has 0 spiro atoms. The second-order valence-electron chi connectivity index (χ2n) is 20.7. The van der Waals surface area contributed by atoms with Crippen LogP contribution in [0.2, 0.25) is 0 Å². The molecule has 11 aromatic carbocycles. The zero-order valence-corrected chi connectivity index (χ0v) is 43.3. The van der Waals surface area contributed by atoms with Crippen molar-refractivity contribution in [2.24, 2.45) is 0 Å². The van der Waals surface area contributed by atoms with E-state index in [1.54, 1.807) is 0 Å². The lowest BCUT2D eigenvalue weighted by molar-refractivity contribution is 0.656. The summed E-state index contributed by atoms with van der Waals surface area (Å²) in [5.41, 5.74) is 20.9. The quantitative estimate of drug-likeness (QED) is 0.152. The molecule has 1 aliphatic carbocycles. The number of nitrogens with zero attached hydrogens (tertiary/aromatic N) is 4. The molecule has 3 heterocycles. The first-order valence-corrected chi connectivity index (χ1v) is 27.1. The first-order chi connectivity index (χ1) is 37.9. The summed E-state index contributed by atoms with van der Waals surface area (Å²) >= 11 is 1.81. The van der Waals surface area contributed by atoms with Gasteiger partial charge in [0.15, 0.2) is 17.5 Å². The Morgan fingerprint density at radius 1 is 0.325 bits per heavy atom. The van der Waals surface area contributed by atoms with Crippen molar-refractivity contribution in [3.63, 3.8) is 0 Å². The van der Waals surface area contributed by atoms with Crippen molar-refractivity contribution in [1.29, 1.82) is 0 Å². The topological polar surface area (TPSA) is 43.6 Å². The van der Waals surface area contributed by atoms with E-state index in [1.807, 2.05) is 29.5 Å². The zero-order valence-electron chi connectivity index (χ0n) is 42.4. The van der Waals surface area contributed by atoms with Crippen molar-refractivity contribution in [2.45, 2.75) is 19.3 Å². The van der Waals surface area contributed by atoms with Gasteiger partial charge in [0.2, 0.25) is 0 Å². The molecule has 0 N–H and O–H groups in total. The van der Waals surface area contributed by atoms with E-state index in [-0.39, 0.29) is 5.41 Å². The van der Waals surface area contributed by atoms with Gasteiger partial charge in [0.1, 0.15) is 0 Å². The second-order valence-corrected chi connectivity index (χ2v) is 21.8. The minimum atomic E-state index is -0.154. The van der Waals surface area contributed by atoms with Gasteiger partial charge in [-0.25, -0.2) is 15.0 Å². The van der Waals surface area contributed by atoms with E-state index >= 15 is 0 Å². The van der Waals surface area contributed by atoms with Crippen molar-refractivity contribution in [1.82, 2.24) is 19.5 Å². The predicted molar refractivity (Wildman–Crippen MR) is 323 cm³/mol. The third-order valence-corrected chi connectivity index (χ3v) is 16.9. The number of para-hydroxylation sites is 1. The molecule has 1 aliphatic rings. The third-order valence-electron chi connectivity index (χ3n) is 15.8. The van der Waals surface area contributed by atoms with Gasteiger partial charge in [0.05, 0.1) is 16.7 Å². The summed E-state index contributed by atoms with van der Waals surface area (Å²) < 4.78 is 4.90. The number of benzene rings is 11. The molecule has 0 bridgehead atoms. The maximum Gasteiger partial charge on any atom is 0.164 e. The molecule has 362 valence electrons. The first kappa shape index (κ1) is 44.9. The average molecular weight is 1000 g/mol. The number of hydrogen-bond donors (Lipinski definition) is 0. The van der Waals surface area contributed by atoms with Crippen LogP contribution < -0.4 is 0 Å². The Bertz CT molecular complexity index is 4590. The Morgan fingerprint density at radius 3 is 1.58 bits per heavy atom. The molecule has 0 amide bonds. The lowest BCUT2D eigenvalue weighted by atomic mass is 9.81. The first-order valence-electron chi connectivity index (χ1n) is 26.3. The Balaban J connectivity index is 0.859. The molecule has 0 aliphatic heterocycles. The number of hydrogen-bond acceptors (Lipinski definition) is 4. The molecule has 15 rings (SSSR count). The molecule has 3 aromatic heterocycles. The molecule has 0 unspecified atom stereocenters. The average Bonchev–Trinajstić information content (AvgIpc) is 4.19. The van der Waals surface area contributed by atoms with Gasteiger partial charge in [-0.15, -0.1) is 11.3 Å². The van der Waals surface area contributed by atoms with E-state index in [2.05, 4.69) is 255 Å². The standard InChI is InChI=1S/C72H48N4S/c1-72(2)61-31-14-12-27-55(61)57-29-17-33-64(68(57)72)76-62-32-15-13-28-56(62)59-43-49(35-37-63(59)76)50-36-38-65-60(44-50)67-58(30-18-34-66(67)77-65)71-74-69(47-23-10-5-11-24-47)73-70(75-71)51-26-16-25-48(39-51)54-41-52(45-19-6-3-7-20-45)40-53(42-54)46-21-8-4-9-22-46/h3-44H,1-2H3. The van der Waals surface area contributed by atoms with Crippen LogP contribution in [0.25, 0.3) is 137 Å². The molecule has 5 heteroatoms. The number of rotatable bonds is 8. The van der Waals surface area contributed by atoms with Gasteiger partial charge >= 0.3 is 0 Å². The molecular weight excluding hydrogens is 953 g/mol. The van der Waals surface area contributed by atoms with Crippen molar-refractivity contribution >= 4 is 53.3 Å². The highest BCUT2D eigenvalue weighted by molar-refractivity contribution is 7.26. The van der Waals surface area contributed by atoms with Crippen molar-refractivity contribution in [3.05, 3.63) is 266 Å². The summed E-state index contributed by atoms with van der Waals surface area (Å²) in [5.74, 6) is 1.89. The number of fused-ring (bicyclic) bond motifs is 9. The van der Waals surface area contributed by atoms with E-state index < -0.39 is 0 Å². The van der Waals surface area contributed by atoms with Crippen LogP contribution in [-0.4, -0.2) is 19.5 Å². The maximum absolute atomic E-state index is 5.39. The highest BCUT2D eigenvalue weighted by Crippen LogP contribution is 2.52. The van der Waals surface area contributed by atoms with Crippen molar-refractivity contribution in [3.8, 4) is 95.5 Å². The zero-order chi connectivity index (χ0) is 51.2. The molecule has 0 saturated carbocycles. The minimum Gasteiger partial charge on any atom is -0.309 e. The van der Waals surface area contributed by atoms with E-state index in [0.29, 0.717) is 17.5 Å². The smallest absolute Gasteiger partial charge is 0.164 e. The van der Waals surface area contributed by atoms with E-state index in [0.717, 1.165) is 49.9 Å². The maximum atomic E-state index is 5.39. The van der Waals surface area contributed by atoms with Crippen LogP contribution >= 0.6 is 11.3 Å². The van der Waals surface area contributed by atoms with Crippen LogP contribution in [0, 0.1) is 0 Å². The molecule has 77 heavy (non-hydrogen) atoms. The lowest BCUT2D eigenvalue weighted by Crippen LogP contribution is -2.17. The van der Waals surface area contributed by atoms with E-state index in [9.17, 15) is 0 Å². The van der Waals surface area contributed by atoms with Crippen LogP contribution in [0.15, 0.2) is 255 Å². The highest BCUT2D eigenvalue weighted by atomic mass is 32.1. The van der Waals surface area contributed by atoms with Crippen LogP contribution in [0.3, 0.4) is 0 Å². The Hall–Kier alpha value is -9.55. The van der Waals surface area contributed by atoms with Gasteiger partial charge in [0.25, 0.3) is 0 Å². The van der Waals surface area contributed by atoms with Gasteiger partial charge in [-0.2, -0.15) is 0 Å². The van der Waals surface area contributed by atoms with E-state index in [4.69, 9.17) is 15.0 Å². The fourth-order valence-electron chi connectivity index (χ4n) is 12.2. The molecular formula is C72H48N4S. The third kappa shape index (κ3) is 7.45. The second kappa shape index (κ2) is 17.8. The molecule has 0 atom stereocenters. The number of thiophene rings is 1. The Labute approximate surface area is 450 Å². The summed E-state index contributed by atoms with van der Waals surface area (Å²) in [4.78, 5) is 15.9. The number of aromatic nitrogens is 4. The van der Waals surface area contributed by atoms with Crippen LogP contribution in [-0.2, 0) is 5.41 Å². The summed E-state index contributed by atoms with van der Waals surface area (Å²) in [7, 11) is 0. The van der Waals surface area contributed by atoms with Crippen LogP contribution in [0.5, 0.6) is 0 Å². The SMILES string of the molecule is CC1(C)c2ccccc2-c2cccc(-n3c4ccccc4c4cc(-c5ccc6sc7cccc(-c8nc(-c9ccccc9)nc(-c9cccc(-c%10cc(-c%11ccccc%11)cc(-c%11ccccc%11)c%10)c9)n8)c7c6c5)ccc43)c21. The highest BCUT2D eigenvalue weighted by Gasteiger charge is 2.38. The summed E-state index contributed by atoms with van der Waals surface area (Å²) in [6.07, 6.45) is 0. The van der Waals surface area contributed by atoms with Crippen molar-refractivity contribution < 1.29 is 0 Å². The Kier molecular flexibility index (Phi) is 10.4. The van der Waals surface area contributed by atoms with Crippen molar-refractivity contribution in [2.75, 3.05) is 0 Å². The van der Waals surface area contributed by atoms with E-state index in [1.165, 1.54) is 81.2 Å². The molecule has 0 saturated heterocycles. The van der Waals surface area contributed by atoms with Gasteiger partial charge in [-0.1, -0.05) is 202 Å². The Morgan fingerprint density at radius 2 is 0.831 bits per heavy atom. The molecule has 0 radical (unpaired) electrons. The fourth-order valence-corrected chi connectivity index (χ4v) is 13.3. The monoisotopic (exact) mass is 1000 g/mol. The lowest BCUT2D eigenvalue weighted by Gasteiger charge is -2.25. The predicted octanol–water partition coefficient (Wildman–Crippen LogP) is 19.3. The summed E-state index contributed by atoms with van der Waals surface area (Å²) in [6, 6.07) is 92.1. The van der Waals surface area contributed by atoms with Crippen LogP contribution in [0.4, 0.5) is 0 Å². The summed E-state index contributed by atoms with van der Waals surface area (Å²) in [6.45, 7) is 4.75.